The molecule has 0 aliphatic heterocycles. The van der Waals surface area contributed by atoms with Crippen LogP contribution in [0.5, 0.6) is 0 Å². The van der Waals surface area contributed by atoms with Crippen molar-refractivity contribution in [3.05, 3.63) is 59.1 Å². The standard InChI is InChI=1S/C20H21ClN4O2/c1-20(2,3)25-16-11-7-6-10-15(16)23-19(25)24-17(26)12-22-18(27)13-8-4-5-9-14(13)21/h4-11H,12H2,1-3H3,(H,22,27)(H,23,24,26). The van der Waals surface area contributed by atoms with Crippen LogP contribution < -0.4 is 10.6 Å². The number of anilines is 1. The summed E-state index contributed by atoms with van der Waals surface area (Å²) in [7, 11) is 0. The Morgan fingerprint density at radius 1 is 1.07 bits per heavy atom. The van der Waals surface area contributed by atoms with Gasteiger partial charge in [0, 0.05) is 5.54 Å². The third-order valence-corrected chi connectivity index (χ3v) is 4.34. The number of nitrogens with one attached hydrogen (secondary N) is 2. The van der Waals surface area contributed by atoms with Crippen molar-refractivity contribution in [2.24, 2.45) is 0 Å². The van der Waals surface area contributed by atoms with Crippen LogP contribution in [0.3, 0.4) is 0 Å². The molecule has 0 radical (unpaired) electrons. The lowest BCUT2D eigenvalue weighted by atomic mass is 10.1. The molecule has 0 aliphatic carbocycles. The highest BCUT2D eigenvalue weighted by Crippen LogP contribution is 2.27. The Morgan fingerprint density at radius 2 is 1.74 bits per heavy atom. The third kappa shape index (κ3) is 4.11. The molecule has 0 bridgehead atoms. The number of nitrogens with zero attached hydrogens (tertiary/aromatic N) is 2. The predicted octanol–water partition coefficient (Wildman–Crippen LogP) is 3.81. The number of carbonyl (C=O) groups excluding carboxylic acids is 2. The van der Waals surface area contributed by atoms with Crippen molar-refractivity contribution in [2.75, 3.05) is 11.9 Å². The molecule has 2 amide bonds. The summed E-state index contributed by atoms with van der Waals surface area (Å²) in [5.74, 6) is -0.322. The van der Waals surface area contributed by atoms with Gasteiger partial charge in [-0.1, -0.05) is 35.9 Å². The number of carbonyl (C=O) groups is 2. The summed E-state index contributed by atoms with van der Waals surface area (Å²) in [4.78, 5) is 29.1. The van der Waals surface area contributed by atoms with Gasteiger partial charge in [0.25, 0.3) is 5.91 Å². The molecule has 0 unspecified atom stereocenters. The molecule has 1 aromatic heterocycles. The van der Waals surface area contributed by atoms with Gasteiger partial charge in [0.15, 0.2) is 0 Å². The van der Waals surface area contributed by atoms with Crippen LogP contribution in [0.2, 0.25) is 5.02 Å². The van der Waals surface area contributed by atoms with Gasteiger partial charge in [-0.2, -0.15) is 0 Å². The minimum atomic E-state index is -0.403. The molecule has 0 spiro atoms. The Balaban J connectivity index is 1.75. The molecule has 0 aliphatic rings. The van der Waals surface area contributed by atoms with Gasteiger partial charge in [0.05, 0.1) is 28.2 Å². The van der Waals surface area contributed by atoms with Crippen LogP contribution in [0.1, 0.15) is 31.1 Å². The maximum atomic E-state index is 12.4. The van der Waals surface area contributed by atoms with Crippen LogP contribution >= 0.6 is 11.6 Å². The molecular weight excluding hydrogens is 364 g/mol. The van der Waals surface area contributed by atoms with E-state index in [4.69, 9.17) is 11.6 Å². The first-order valence-electron chi connectivity index (χ1n) is 8.58. The predicted molar refractivity (Wildman–Crippen MR) is 107 cm³/mol. The van der Waals surface area contributed by atoms with E-state index in [1.54, 1.807) is 24.3 Å². The minimum absolute atomic E-state index is 0.183. The highest BCUT2D eigenvalue weighted by atomic mass is 35.5. The van der Waals surface area contributed by atoms with Gasteiger partial charge in [-0.25, -0.2) is 4.98 Å². The second-order valence-corrected chi connectivity index (χ2v) is 7.55. The van der Waals surface area contributed by atoms with Gasteiger partial charge in [-0.15, -0.1) is 0 Å². The maximum Gasteiger partial charge on any atom is 0.253 e. The van der Waals surface area contributed by atoms with E-state index in [0.29, 0.717) is 16.5 Å². The molecule has 2 N–H and O–H groups in total. The first-order valence-corrected chi connectivity index (χ1v) is 8.96. The zero-order chi connectivity index (χ0) is 19.6. The average Bonchev–Trinajstić information content (AvgIpc) is 2.98. The van der Waals surface area contributed by atoms with Gasteiger partial charge < -0.3 is 9.88 Å². The molecule has 6 nitrogen and oxygen atoms in total. The van der Waals surface area contributed by atoms with Crippen molar-refractivity contribution in [1.29, 1.82) is 0 Å². The smallest absolute Gasteiger partial charge is 0.253 e. The number of halogens is 1. The second kappa shape index (κ2) is 7.40. The number of hydrogen-bond acceptors (Lipinski definition) is 3. The average molecular weight is 385 g/mol. The minimum Gasteiger partial charge on any atom is -0.343 e. The number of hydrogen-bond donors (Lipinski definition) is 2. The molecule has 3 aromatic rings. The number of aromatic nitrogens is 2. The van der Waals surface area contributed by atoms with Crippen LogP contribution in [0.25, 0.3) is 11.0 Å². The lowest BCUT2D eigenvalue weighted by molar-refractivity contribution is -0.115. The summed E-state index contributed by atoms with van der Waals surface area (Å²) in [6.07, 6.45) is 0. The van der Waals surface area contributed by atoms with Crippen LogP contribution in [-0.4, -0.2) is 27.9 Å². The fourth-order valence-corrected chi connectivity index (χ4v) is 3.08. The van der Waals surface area contributed by atoms with Gasteiger partial charge in [0.2, 0.25) is 11.9 Å². The van der Waals surface area contributed by atoms with Crippen molar-refractivity contribution < 1.29 is 9.59 Å². The summed E-state index contributed by atoms with van der Waals surface area (Å²) in [6, 6.07) is 14.4. The third-order valence-electron chi connectivity index (χ3n) is 4.01. The van der Waals surface area contributed by atoms with Crippen LogP contribution in [0, 0.1) is 0 Å². The molecule has 3 rings (SSSR count). The van der Waals surface area contributed by atoms with E-state index in [9.17, 15) is 9.59 Å². The highest BCUT2D eigenvalue weighted by Gasteiger charge is 2.22. The molecule has 0 atom stereocenters. The zero-order valence-electron chi connectivity index (χ0n) is 15.4. The molecule has 2 aromatic carbocycles. The molecular formula is C20H21ClN4O2. The Kier molecular flexibility index (Phi) is 5.19. The Labute approximate surface area is 162 Å². The van der Waals surface area contributed by atoms with E-state index in [2.05, 4.69) is 15.6 Å². The van der Waals surface area contributed by atoms with E-state index >= 15 is 0 Å². The van der Waals surface area contributed by atoms with E-state index < -0.39 is 5.91 Å². The maximum absolute atomic E-state index is 12.4. The summed E-state index contributed by atoms with van der Waals surface area (Å²) in [5, 5.41) is 5.71. The Hall–Kier alpha value is -2.86. The van der Waals surface area contributed by atoms with Crippen molar-refractivity contribution in [2.45, 2.75) is 26.3 Å². The summed E-state index contributed by atoms with van der Waals surface area (Å²) in [6.45, 7) is 5.93. The fraction of sp³-hybridized carbons (Fsp3) is 0.250. The first-order chi connectivity index (χ1) is 12.8. The molecule has 1 heterocycles. The fourth-order valence-electron chi connectivity index (χ4n) is 2.86. The highest BCUT2D eigenvalue weighted by molar-refractivity contribution is 6.33. The van der Waals surface area contributed by atoms with Gasteiger partial charge in [-0.3, -0.25) is 14.9 Å². The van der Waals surface area contributed by atoms with Crippen molar-refractivity contribution >= 4 is 40.4 Å². The van der Waals surface area contributed by atoms with E-state index in [1.807, 2.05) is 49.6 Å². The number of imidazole rings is 1. The van der Waals surface area contributed by atoms with Crippen molar-refractivity contribution in [1.82, 2.24) is 14.9 Å². The molecule has 0 fully saturated rings. The number of amides is 2. The Bertz CT molecular complexity index is 1000. The van der Waals surface area contributed by atoms with Crippen molar-refractivity contribution in [3.63, 3.8) is 0 Å². The molecule has 7 heteroatoms. The number of rotatable bonds is 4. The monoisotopic (exact) mass is 384 g/mol. The number of fused-ring (bicyclic) bond motifs is 1. The lowest BCUT2D eigenvalue weighted by Crippen LogP contribution is -2.34. The van der Waals surface area contributed by atoms with E-state index in [0.717, 1.165) is 11.0 Å². The Morgan fingerprint density at radius 3 is 2.44 bits per heavy atom. The summed E-state index contributed by atoms with van der Waals surface area (Å²) < 4.78 is 1.97. The largest absolute Gasteiger partial charge is 0.343 e. The zero-order valence-corrected chi connectivity index (χ0v) is 16.2. The van der Waals surface area contributed by atoms with Crippen LogP contribution in [0.4, 0.5) is 5.95 Å². The summed E-state index contributed by atoms with van der Waals surface area (Å²) >= 11 is 6.01. The molecule has 27 heavy (non-hydrogen) atoms. The molecule has 0 saturated heterocycles. The number of para-hydroxylation sites is 2. The molecule has 0 saturated carbocycles. The van der Waals surface area contributed by atoms with Gasteiger partial charge >= 0.3 is 0 Å². The van der Waals surface area contributed by atoms with Crippen molar-refractivity contribution in [3.8, 4) is 0 Å². The van der Waals surface area contributed by atoms with Gasteiger partial charge in [0.1, 0.15) is 0 Å². The van der Waals surface area contributed by atoms with E-state index in [1.165, 1.54) is 0 Å². The van der Waals surface area contributed by atoms with Crippen LogP contribution in [-0.2, 0) is 10.3 Å². The van der Waals surface area contributed by atoms with Gasteiger partial charge in [-0.05, 0) is 45.0 Å². The normalized spacial score (nSPS) is 11.4. The molecule has 140 valence electrons. The first kappa shape index (κ1) is 18.9. The second-order valence-electron chi connectivity index (χ2n) is 7.14. The van der Waals surface area contributed by atoms with E-state index in [-0.39, 0.29) is 18.0 Å². The number of benzene rings is 2. The summed E-state index contributed by atoms with van der Waals surface area (Å²) in [5.41, 5.74) is 1.77. The topological polar surface area (TPSA) is 76.0 Å². The van der Waals surface area contributed by atoms with Crippen LogP contribution in [0.15, 0.2) is 48.5 Å². The SMILES string of the molecule is CC(C)(C)n1c(NC(=O)CNC(=O)c2ccccc2Cl)nc2ccccc21. The lowest BCUT2D eigenvalue weighted by Gasteiger charge is -2.24. The quantitative estimate of drug-likeness (QED) is 0.718.